The Morgan fingerprint density at radius 2 is 1.77 bits per heavy atom. The fraction of sp³-hybridized carbons (Fsp3) is 0.435. The van der Waals surface area contributed by atoms with Crippen molar-refractivity contribution in [1.29, 1.82) is 0 Å². The Hall–Kier alpha value is -1.11. The number of piperidine rings is 1. The lowest BCUT2D eigenvalue weighted by molar-refractivity contribution is 0.0828. The minimum atomic E-state index is -0.0842. The molecule has 31 heavy (non-hydrogen) atoms. The van der Waals surface area contributed by atoms with Gasteiger partial charge in [-0.2, -0.15) is 0 Å². The molecule has 1 N–H and O–H groups in total. The Bertz CT molecular complexity index is 881. The molecule has 3 rings (SSSR count). The summed E-state index contributed by atoms with van der Waals surface area (Å²) in [5.74, 6) is 0.665. The summed E-state index contributed by atoms with van der Waals surface area (Å²) in [6.07, 6.45) is 4.70. The third kappa shape index (κ3) is 6.93. The number of carbonyl (C=O) groups excluding carboxylic acids is 1. The Kier molecular flexibility index (Phi) is 9.23. The van der Waals surface area contributed by atoms with Crippen LogP contribution >= 0.6 is 34.8 Å². The molecule has 0 spiro atoms. The van der Waals surface area contributed by atoms with E-state index in [1.807, 2.05) is 30.3 Å². The number of thiol groups is 1. The third-order valence-electron chi connectivity index (χ3n) is 5.49. The van der Waals surface area contributed by atoms with E-state index in [4.69, 9.17) is 34.8 Å². The Morgan fingerprint density at radius 3 is 2.39 bits per heavy atom. The average Bonchev–Trinajstić information content (AvgIpc) is 2.74. The van der Waals surface area contributed by atoms with Crippen LogP contribution in [0.15, 0.2) is 41.3 Å². The number of benzene rings is 2. The number of carbonyl (C=O) groups is 1. The number of nitrogens with one attached hydrogen (secondary N) is 1. The maximum absolute atomic E-state index is 12.1. The molecule has 1 fully saturated rings. The first-order valence-electron chi connectivity index (χ1n) is 10.5. The zero-order valence-corrected chi connectivity index (χ0v) is 21.0. The van der Waals surface area contributed by atoms with Gasteiger partial charge in [0.1, 0.15) is 11.9 Å². The minimum absolute atomic E-state index is 0.0842. The van der Waals surface area contributed by atoms with Crippen molar-refractivity contribution in [3.63, 3.8) is 0 Å². The highest BCUT2D eigenvalue weighted by molar-refractivity contribution is 7.76. The molecule has 0 atom stereocenters. The number of nitrogens with zero attached hydrogens (tertiary/aromatic N) is 2. The smallest absolute Gasteiger partial charge is 0.254 e. The van der Waals surface area contributed by atoms with Crippen molar-refractivity contribution in [1.82, 2.24) is 9.21 Å². The largest absolute Gasteiger partial charge is 0.385 e. The molecule has 0 saturated carbocycles. The van der Waals surface area contributed by atoms with Crippen LogP contribution in [0.5, 0.6) is 0 Å². The molecule has 4 nitrogen and oxygen atoms in total. The van der Waals surface area contributed by atoms with Gasteiger partial charge in [0.2, 0.25) is 4.90 Å². The first-order chi connectivity index (χ1) is 14.8. The summed E-state index contributed by atoms with van der Waals surface area (Å²) in [6.45, 7) is 3.03. The van der Waals surface area contributed by atoms with Crippen LogP contribution in [0.1, 0.15) is 36.0 Å². The van der Waals surface area contributed by atoms with Crippen molar-refractivity contribution in [3.8, 4) is 0 Å². The summed E-state index contributed by atoms with van der Waals surface area (Å²) in [4.78, 5) is 14.6. The highest BCUT2D eigenvalue weighted by Crippen LogP contribution is 2.30. The minimum Gasteiger partial charge on any atom is -0.385 e. The van der Waals surface area contributed by atoms with Crippen molar-refractivity contribution < 1.29 is 4.79 Å². The van der Waals surface area contributed by atoms with Crippen molar-refractivity contribution in [3.05, 3.63) is 57.0 Å². The van der Waals surface area contributed by atoms with E-state index in [-0.39, 0.29) is 5.91 Å². The van der Waals surface area contributed by atoms with Gasteiger partial charge in [0, 0.05) is 39.4 Å². The molecule has 8 heteroatoms. The van der Waals surface area contributed by atoms with E-state index >= 15 is 0 Å². The molecule has 1 aliphatic rings. The van der Waals surface area contributed by atoms with Gasteiger partial charge < -0.3 is 10.2 Å². The number of rotatable bonds is 8. The van der Waals surface area contributed by atoms with Crippen LogP contribution in [-0.4, -0.2) is 48.8 Å². The van der Waals surface area contributed by atoms with Crippen LogP contribution in [0.2, 0.25) is 15.1 Å². The quantitative estimate of drug-likeness (QED) is 0.272. The maximum atomic E-state index is 12.1. The van der Waals surface area contributed by atoms with Gasteiger partial charge in [-0.05, 0) is 61.9 Å². The lowest BCUT2D eigenvalue weighted by Gasteiger charge is -2.26. The lowest BCUT2D eigenvalue weighted by atomic mass is 9.93. The molecule has 2 aromatic rings. The van der Waals surface area contributed by atoms with Crippen LogP contribution in [0, 0.1) is 5.92 Å². The molecule has 1 aliphatic heterocycles. The highest BCUT2D eigenvalue weighted by atomic mass is 35.5. The zero-order valence-electron chi connectivity index (χ0n) is 17.9. The molecule has 0 bridgehead atoms. The van der Waals surface area contributed by atoms with Gasteiger partial charge in [0.25, 0.3) is 5.91 Å². The van der Waals surface area contributed by atoms with Gasteiger partial charge >= 0.3 is 0 Å². The maximum Gasteiger partial charge on any atom is 0.254 e. The van der Waals surface area contributed by atoms with Gasteiger partial charge in [-0.3, -0.25) is 4.79 Å². The van der Waals surface area contributed by atoms with Gasteiger partial charge in [-0.25, -0.2) is 0 Å². The molecule has 1 amide bonds. The second kappa shape index (κ2) is 11.7. The van der Waals surface area contributed by atoms with Crippen LogP contribution < -0.4 is 5.32 Å². The number of hydrogen-bond donors (Lipinski definition) is 1. The van der Waals surface area contributed by atoms with Crippen LogP contribution in [-0.2, 0) is 11.9 Å². The molecular formula is C23H29Cl3N3OS+. The molecular weight excluding hydrogens is 473 g/mol. The van der Waals surface area contributed by atoms with E-state index in [1.165, 1.54) is 24.2 Å². The summed E-state index contributed by atoms with van der Waals surface area (Å²) < 4.78 is 2.42. The van der Waals surface area contributed by atoms with Crippen LogP contribution in [0.25, 0.3) is 0 Å². The molecule has 0 unspecified atom stereocenters. The summed E-state index contributed by atoms with van der Waals surface area (Å²) in [5, 5.41) is 5.38. The van der Waals surface area contributed by atoms with Gasteiger partial charge in [-0.1, -0.05) is 40.9 Å². The topological polar surface area (TPSA) is 35.6 Å². The normalized spacial score (nSPS) is 15.1. The lowest BCUT2D eigenvalue weighted by Crippen LogP contribution is -2.32. The third-order valence-corrected chi connectivity index (χ3v) is 8.06. The van der Waals surface area contributed by atoms with Crippen LogP contribution in [0.4, 0.5) is 5.69 Å². The molecule has 0 aromatic heterocycles. The molecule has 1 heterocycles. The summed E-state index contributed by atoms with van der Waals surface area (Å²) in [5.41, 5.74) is 1.48. The average molecular weight is 502 g/mol. The predicted octanol–water partition coefficient (Wildman–Crippen LogP) is 6.04. The van der Waals surface area contributed by atoms with Crippen molar-refractivity contribution in [2.24, 2.45) is 5.92 Å². The van der Waals surface area contributed by atoms with E-state index < -0.39 is 0 Å². The number of amides is 1. The predicted molar refractivity (Wildman–Crippen MR) is 135 cm³/mol. The molecule has 0 aliphatic carbocycles. The SMILES string of the molecule is CN(C)C(=O)c1ccc(NCCCC2CCN([SH+]c3c(Cl)cccc3Cl)CC2)cc1Cl. The van der Waals surface area contributed by atoms with E-state index in [2.05, 4.69) is 9.62 Å². The van der Waals surface area contributed by atoms with Gasteiger partial charge in [0.05, 0.1) is 20.6 Å². The Morgan fingerprint density at radius 1 is 1.10 bits per heavy atom. The van der Waals surface area contributed by atoms with Gasteiger partial charge in [0.15, 0.2) is 0 Å². The monoisotopic (exact) mass is 500 g/mol. The van der Waals surface area contributed by atoms with E-state index in [0.29, 0.717) is 10.6 Å². The molecule has 0 radical (unpaired) electrons. The second-order valence-electron chi connectivity index (χ2n) is 8.03. The number of hydrogen-bond acceptors (Lipinski definition) is 3. The van der Waals surface area contributed by atoms with E-state index in [9.17, 15) is 4.79 Å². The summed E-state index contributed by atoms with van der Waals surface area (Å²) in [7, 11) is 3.45. The fourth-order valence-corrected chi connectivity index (χ4v) is 5.64. The summed E-state index contributed by atoms with van der Waals surface area (Å²) in [6, 6.07) is 11.2. The second-order valence-corrected chi connectivity index (χ2v) is 10.5. The molecule has 2 aromatic carbocycles. The first kappa shape index (κ1) is 24.5. The Balaban J connectivity index is 1.38. The number of anilines is 1. The van der Waals surface area contributed by atoms with Crippen LogP contribution in [0.3, 0.4) is 0 Å². The first-order valence-corrected chi connectivity index (χ1v) is 12.5. The number of halogens is 3. The highest BCUT2D eigenvalue weighted by Gasteiger charge is 2.26. The fourth-order valence-electron chi connectivity index (χ4n) is 3.70. The van der Waals surface area contributed by atoms with Gasteiger partial charge in [-0.15, -0.1) is 4.31 Å². The van der Waals surface area contributed by atoms with E-state index in [1.54, 1.807) is 20.2 Å². The standard InChI is InChI=1S/C23H28Cl3N3OS/c1-28(2)23(30)18-9-8-17(15-21(18)26)27-12-4-5-16-10-13-29(14-11-16)31-22-19(24)6-3-7-20(22)25/h3,6-9,15-16,27H,4-5,10-14H2,1-2H3/p+1. The summed E-state index contributed by atoms with van der Waals surface area (Å²) >= 11 is 20.0. The van der Waals surface area contributed by atoms with Crippen molar-refractivity contribution in [2.75, 3.05) is 39.0 Å². The Labute approximate surface area is 204 Å². The van der Waals surface area contributed by atoms with Crippen molar-refractivity contribution >= 4 is 58.3 Å². The van der Waals surface area contributed by atoms with E-state index in [0.717, 1.165) is 64.5 Å². The zero-order chi connectivity index (χ0) is 22.4. The van der Waals surface area contributed by atoms with Crippen molar-refractivity contribution in [2.45, 2.75) is 30.6 Å². The molecule has 168 valence electrons. The molecule has 1 saturated heterocycles.